The van der Waals surface area contributed by atoms with E-state index in [0.29, 0.717) is 10.0 Å². The molecule has 0 spiro atoms. The number of benzene rings is 2. The van der Waals surface area contributed by atoms with Gasteiger partial charge >= 0.3 is 0 Å². The zero-order chi connectivity index (χ0) is 19.2. The largest absolute Gasteiger partial charge is 0.322 e. The maximum Gasteiger partial charge on any atom is 0.282 e. The number of rotatable bonds is 6. The SMILES string of the molecule is CC(=O)NC(=Cc1ccccc1)C(=O)NNS(=O)(=O)c1cccc(Br)c1. The van der Waals surface area contributed by atoms with E-state index in [9.17, 15) is 18.0 Å². The summed E-state index contributed by atoms with van der Waals surface area (Å²) in [5.41, 5.74) is 2.66. The van der Waals surface area contributed by atoms with E-state index in [1.54, 1.807) is 36.4 Å². The second-order valence-electron chi connectivity index (χ2n) is 5.17. The summed E-state index contributed by atoms with van der Waals surface area (Å²) >= 11 is 3.19. The first-order chi connectivity index (χ1) is 12.3. The van der Waals surface area contributed by atoms with Crippen molar-refractivity contribution in [1.82, 2.24) is 15.6 Å². The summed E-state index contributed by atoms with van der Waals surface area (Å²) in [4.78, 5) is 25.6. The van der Waals surface area contributed by atoms with Crippen LogP contribution in [0, 0.1) is 0 Å². The van der Waals surface area contributed by atoms with Crippen LogP contribution in [-0.4, -0.2) is 20.2 Å². The molecular weight excluding hydrogens is 422 g/mol. The standard InChI is InChI=1S/C17H16BrN3O4S/c1-12(22)19-16(10-13-6-3-2-4-7-13)17(23)20-21-26(24,25)15-9-5-8-14(18)11-15/h2-11,21H,1H3,(H,19,22)(H,20,23). The molecule has 136 valence electrons. The first kappa shape index (κ1) is 19.8. The molecule has 0 heterocycles. The fourth-order valence-corrected chi connectivity index (χ4v) is 3.37. The smallest absolute Gasteiger partial charge is 0.282 e. The van der Waals surface area contributed by atoms with E-state index < -0.39 is 21.8 Å². The van der Waals surface area contributed by atoms with Crippen molar-refractivity contribution in [2.24, 2.45) is 0 Å². The minimum Gasteiger partial charge on any atom is -0.322 e. The Hall–Kier alpha value is -2.49. The number of hydrogen-bond acceptors (Lipinski definition) is 4. The average Bonchev–Trinajstić information content (AvgIpc) is 2.60. The van der Waals surface area contributed by atoms with E-state index in [4.69, 9.17) is 0 Å². The van der Waals surface area contributed by atoms with Crippen LogP contribution in [0.25, 0.3) is 6.08 Å². The molecule has 0 aromatic heterocycles. The number of carbonyl (C=O) groups is 2. The van der Waals surface area contributed by atoms with E-state index in [1.807, 2.05) is 10.9 Å². The third-order valence-electron chi connectivity index (χ3n) is 3.07. The molecule has 0 aliphatic carbocycles. The Morgan fingerprint density at radius 2 is 1.73 bits per heavy atom. The Morgan fingerprint density at radius 1 is 1.04 bits per heavy atom. The maximum atomic E-state index is 12.3. The Bertz CT molecular complexity index is 943. The summed E-state index contributed by atoms with van der Waals surface area (Å²) in [6.45, 7) is 1.25. The lowest BCUT2D eigenvalue weighted by Crippen LogP contribution is -2.44. The fraction of sp³-hybridized carbons (Fsp3) is 0.0588. The lowest BCUT2D eigenvalue weighted by molar-refractivity contribution is -0.122. The molecule has 2 aromatic rings. The van der Waals surface area contributed by atoms with Crippen molar-refractivity contribution in [3.8, 4) is 0 Å². The molecule has 26 heavy (non-hydrogen) atoms. The highest BCUT2D eigenvalue weighted by Gasteiger charge is 2.17. The highest BCUT2D eigenvalue weighted by molar-refractivity contribution is 9.10. The van der Waals surface area contributed by atoms with Crippen LogP contribution in [0.5, 0.6) is 0 Å². The number of hydrogen-bond donors (Lipinski definition) is 3. The topological polar surface area (TPSA) is 104 Å². The Kier molecular flexibility index (Phi) is 6.67. The van der Waals surface area contributed by atoms with Crippen LogP contribution in [-0.2, 0) is 19.6 Å². The zero-order valence-electron chi connectivity index (χ0n) is 13.7. The van der Waals surface area contributed by atoms with Gasteiger partial charge in [-0.3, -0.25) is 15.0 Å². The maximum absolute atomic E-state index is 12.3. The highest BCUT2D eigenvalue weighted by Crippen LogP contribution is 2.15. The Labute approximate surface area is 159 Å². The second kappa shape index (κ2) is 8.75. The number of nitrogens with one attached hydrogen (secondary N) is 3. The van der Waals surface area contributed by atoms with Crippen molar-refractivity contribution in [2.75, 3.05) is 0 Å². The Balaban J connectivity index is 2.17. The molecule has 0 saturated carbocycles. The van der Waals surface area contributed by atoms with Crippen LogP contribution < -0.4 is 15.6 Å². The van der Waals surface area contributed by atoms with Crippen molar-refractivity contribution >= 4 is 43.8 Å². The number of hydrazine groups is 1. The minimum absolute atomic E-state index is 0.0275. The van der Waals surface area contributed by atoms with Gasteiger partial charge in [0.1, 0.15) is 5.70 Å². The lowest BCUT2D eigenvalue weighted by Gasteiger charge is -2.11. The molecule has 0 aliphatic heterocycles. The van der Waals surface area contributed by atoms with Crippen molar-refractivity contribution in [3.63, 3.8) is 0 Å². The van der Waals surface area contributed by atoms with Crippen LogP contribution in [0.2, 0.25) is 0 Å². The number of halogens is 1. The van der Waals surface area contributed by atoms with Gasteiger partial charge in [0.15, 0.2) is 0 Å². The molecule has 9 heteroatoms. The van der Waals surface area contributed by atoms with Gasteiger partial charge in [0, 0.05) is 11.4 Å². The van der Waals surface area contributed by atoms with Gasteiger partial charge in [0.25, 0.3) is 15.9 Å². The van der Waals surface area contributed by atoms with Gasteiger partial charge < -0.3 is 5.32 Å². The van der Waals surface area contributed by atoms with Crippen LogP contribution >= 0.6 is 15.9 Å². The number of amides is 2. The summed E-state index contributed by atoms with van der Waals surface area (Å²) in [5.74, 6) is -1.26. The lowest BCUT2D eigenvalue weighted by atomic mass is 10.2. The second-order valence-corrected chi connectivity index (χ2v) is 7.76. The van der Waals surface area contributed by atoms with E-state index in [1.165, 1.54) is 25.1 Å². The Morgan fingerprint density at radius 3 is 2.35 bits per heavy atom. The van der Waals surface area contributed by atoms with E-state index in [0.717, 1.165) is 0 Å². The summed E-state index contributed by atoms with van der Waals surface area (Å²) in [6, 6.07) is 14.8. The van der Waals surface area contributed by atoms with E-state index in [2.05, 4.69) is 26.7 Å². The number of carbonyl (C=O) groups excluding carboxylic acids is 2. The first-order valence-corrected chi connectivity index (χ1v) is 9.67. The summed E-state index contributed by atoms with van der Waals surface area (Å²) < 4.78 is 25.1. The molecule has 7 nitrogen and oxygen atoms in total. The number of sulfonamides is 1. The molecule has 2 aromatic carbocycles. The summed E-state index contributed by atoms with van der Waals surface area (Å²) in [5, 5.41) is 2.38. The van der Waals surface area contributed by atoms with Crippen molar-refractivity contribution in [3.05, 3.63) is 70.3 Å². The minimum atomic E-state index is -3.96. The molecule has 0 fully saturated rings. The molecule has 0 aliphatic rings. The zero-order valence-corrected chi connectivity index (χ0v) is 16.1. The van der Waals surface area contributed by atoms with Gasteiger partial charge in [0.2, 0.25) is 5.91 Å². The van der Waals surface area contributed by atoms with Gasteiger partial charge in [-0.2, -0.15) is 0 Å². The molecular formula is C17H16BrN3O4S. The molecule has 0 radical (unpaired) electrons. The monoisotopic (exact) mass is 437 g/mol. The van der Waals surface area contributed by atoms with Crippen LogP contribution in [0.4, 0.5) is 0 Å². The highest BCUT2D eigenvalue weighted by atomic mass is 79.9. The molecule has 0 atom stereocenters. The van der Waals surface area contributed by atoms with E-state index >= 15 is 0 Å². The van der Waals surface area contributed by atoms with Crippen LogP contribution in [0.3, 0.4) is 0 Å². The third kappa shape index (κ3) is 5.80. The molecule has 2 amide bonds. The first-order valence-electron chi connectivity index (χ1n) is 7.40. The van der Waals surface area contributed by atoms with E-state index in [-0.39, 0.29) is 10.6 Å². The van der Waals surface area contributed by atoms with Crippen molar-refractivity contribution in [2.45, 2.75) is 11.8 Å². The fourth-order valence-electron chi connectivity index (χ4n) is 1.94. The van der Waals surface area contributed by atoms with Crippen LogP contribution in [0.1, 0.15) is 12.5 Å². The van der Waals surface area contributed by atoms with Gasteiger partial charge in [-0.15, -0.1) is 4.83 Å². The predicted octanol–water partition coefficient (Wildman–Crippen LogP) is 1.94. The van der Waals surface area contributed by atoms with Crippen molar-refractivity contribution in [1.29, 1.82) is 0 Å². The third-order valence-corrected chi connectivity index (χ3v) is 4.81. The van der Waals surface area contributed by atoms with Gasteiger partial charge in [0.05, 0.1) is 4.90 Å². The predicted molar refractivity (Wildman–Crippen MR) is 101 cm³/mol. The molecule has 2 rings (SSSR count). The van der Waals surface area contributed by atoms with Gasteiger partial charge in [-0.1, -0.05) is 52.3 Å². The summed E-state index contributed by atoms with van der Waals surface area (Å²) in [6.07, 6.45) is 1.43. The van der Waals surface area contributed by atoms with Gasteiger partial charge in [-0.05, 0) is 29.8 Å². The van der Waals surface area contributed by atoms with Crippen LogP contribution in [0.15, 0.2) is 69.7 Å². The molecule has 0 bridgehead atoms. The summed E-state index contributed by atoms with van der Waals surface area (Å²) in [7, 11) is -3.96. The normalized spacial score (nSPS) is 11.7. The molecule has 0 saturated heterocycles. The molecule has 0 unspecified atom stereocenters. The van der Waals surface area contributed by atoms with Gasteiger partial charge in [-0.25, -0.2) is 8.42 Å². The molecule has 3 N–H and O–H groups in total. The van der Waals surface area contributed by atoms with Crippen molar-refractivity contribution < 1.29 is 18.0 Å². The average molecular weight is 438 g/mol. The quantitative estimate of drug-likeness (QED) is 0.474.